The number of carbonyl (C=O) groups excluding carboxylic acids is 1. The van der Waals surface area contributed by atoms with E-state index in [-0.39, 0.29) is 12.3 Å². The van der Waals surface area contributed by atoms with Gasteiger partial charge in [-0.3, -0.25) is 4.79 Å². The third-order valence-corrected chi connectivity index (χ3v) is 5.67. The molecule has 0 aliphatic carbocycles. The van der Waals surface area contributed by atoms with Gasteiger partial charge in [0.05, 0.1) is 13.0 Å². The molecule has 1 fully saturated rings. The summed E-state index contributed by atoms with van der Waals surface area (Å²) >= 11 is 0. The molecule has 0 aromatic heterocycles. The van der Waals surface area contributed by atoms with Gasteiger partial charge < -0.3 is 9.47 Å². The van der Waals surface area contributed by atoms with Gasteiger partial charge in [0.25, 0.3) is 0 Å². The van der Waals surface area contributed by atoms with E-state index in [4.69, 9.17) is 9.47 Å². The van der Waals surface area contributed by atoms with Crippen LogP contribution >= 0.6 is 0 Å². The molecule has 3 heteroatoms. The summed E-state index contributed by atoms with van der Waals surface area (Å²) in [7, 11) is 0. The van der Waals surface area contributed by atoms with Crippen molar-refractivity contribution in [2.24, 2.45) is 0 Å². The largest absolute Gasteiger partial charge is 0.436 e. The van der Waals surface area contributed by atoms with Crippen LogP contribution in [0.4, 0.5) is 0 Å². The molecule has 1 unspecified atom stereocenters. The molecule has 1 heterocycles. The second kappa shape index (κ2) is 18.8. The van der Waals surface area contributed by atoms with Gasteiger partial charge in [-0.05, 0) is 6.42 Å². The van der Waals surface area contributed by atoms with Crippen LogP contribution in [0.2, 0.25) is 0 Å². The molecule has 160 valence electrons. The zero-order chi connectivity index (χ0) is 19.4. The minimum absolute atomic E-state index is 0.103. The lowest BCUT2D eigenvalue weighted by atomic mass is 10.0. The number of unbranched alkanes of at least 4 members (excludes halogenated alkanes) is 17. The van der Waals surface area contributed by atoms with E-state index in [1.165, 1.54) is 109 Å². The molecule has 1 rings (SSSR count). The van der Waals surface area contributed by atoms with Crippen molar-refractivity contribution in [1.29, 1.82) is 0 Å². The highest BCUT2D eigenvalue weighted by Gasteiger charge is 2.19. The molecule has 1 aliphatic rings. The summed E-state index contributed by atoms with van der Waals surface area (Å²) in [4.78, 5) is 11.2. The van der Waals surface area contributed by atoms with E-state index >= 15 is 0 Å². The Morgan fingerprint density at radius 1 is 0.667 bits per heavy atom. The molecular formula is C24H46O3. The summed E-state index contributed by atoms with van der Waals surface area (Å²) in [6, 6.07) is 0. The first-order chi connectivity index (χ1) is 13.3. The topological polar surface area (TPSA) is 35.5 Å². The van der Waals surface area contributed by atoms with Crippen LogP contribution in [0.25, 0.3) is 0 Å². The van der Waals surface area contributed by atoms with E-state index in [9.17, 15) is 4.79 Å². The zero-order valence-electron chi connectivity index (χ0n) is 18.2. The number of ether oxygens (including phenoxy) is 2. The number of rotatable bonds is 19. The van der Waals surface area contributed by atoms with Crippen molar-refractivity contribution in [3.63, 3.8) is 0 Å². The van der Waals surface area contributed by atoms with Crippen molar-refractivity contribution in [3.05, 3.63) is 0 Å². The van der Waals surface area contributed by atoms with Gasteiger partial charge in [0.15, 0.2) is 0 Å². The Morgan fingerprint density at radius 2 is 1.07 bits per heavy atom. The molecule has 0 radical (unpaired) electrons. The molecular weight excluding hydrogens is 336 g/mol. The first-order valence-corrected chi connectivity index (χ1v) is 12.1. The summed E-state index contributed by atoms with van der Waals surface area (Å²) in [5.41, 5.74) is 0. The second-order valence-corrected chi connectivity index (χ2v) is 8.34. The summed E-state index contributed by atoms with van der Waals surface area (Å²) in [5.74, 6) is -0.103. The average Bonchev–Trinajstić information content (AvgIpc) is 2.67. The molecule has 27 heavy (non-hydrogen) atoms. The van der Waals surface area contributed by atoms with Crippen LogP contribution in [0.5, 0.6) is 0 Å². The van der Waals surface area contributed by atoms with E-state index in [2.05, 4.69) is 6.92 Å². The number of hydrogen-bond donors (Lipinski definition) is 0. The van der Waals surface area contributed by atoms with Gasteiger partial charge in [-0.1, -0.05) is 116 Å². The van der Waals surface area contributed by atoms with Crippen LogP contribution in [0.15, 0.2) is 0 Å². The van der Waals surface area contributed by atoms with Crippen molar-refractivity contribution in [1.82, 2.24) is 0 Å². The molecule has 1 saturated heterocycles. The second-order valence-electron chi connectivity index (χ2n) is 8.34. The maximum Gasteiger partial charge on any atom is 0.310 e. The average molecular weight is 383 g/mol. The smallest absolute Gasteiger partial charge is 0.310 e. The highest BCUT2D eigenvalue weighted by atomic mass is 16.7. The van der Waals surface area contributed by atoms with Crippen molar-refractivity contribution < 1.29 is 14.3 Å². The highest BCUT2D eigenvalue weighted by molar-refractivity contribution is 5.70. The van der Waals surface area contributed by atoms with E-state index in [1.807, 2.05) is 0 Å². The number of hydrogen-bond acceptors (Lipinski definition) is 3. The van der Waals surface area contributed by atoms with E-state index in [0.29, 0.717) is 13.0 Å². The lowest BCUT2D eigenvalue weighted by Gasteiger charge is -2.22. The minimum atomic E-state index is -0.271. The van der Waals surface area contributed by atoms with Crippen LogP contribution in [0.1, 0.15) is 135 Å². The van der Waals surface area contributed by atoms with Crippen molar-refractivity contribution in [3.8, 4) is 0 Å². The van der Waals surface area contributed by atoms with Crippen molar-refractivity contribution in [2.45, 2.75) is 142 Å². The van der Waals surface area contributed by atoms with E-state index in [0.717, 1.165) is 12.8 Å². The summed E-state index contributed by atoms with van der Waals surface area (Å²) in [6.45, 7) is 2.82. The fraction of sp³-hybridized carbons (Fsp3) is 0.958. The summed E-state index contributed by atoms with van der Waals surface area (Å²) in [5, 5.41) is 0. The molecule has 0 saturated carbocycles. The summed E-state index contributed by atoms with van der Waals surface area (Å²) in [6.07, 6.45) is 26.0. The lowest BCUT2D eigenvalue weighted by Crippen LogP contribution is -2.28. The molecule has 0 amide bonds. The van der Waals surface area contributed by atoms with E-state index < -0.39 is 0 Å². The Morgan fingerprint density at radius 3 is 1.48 bits per heavy atom. The Hall–Kier alpha value is -0.570. The molecule has 0 bridgehead atoms. The van der Waals surface area contributed by atoms with Crippen LogP contribution in [0, 0.1) is 0 Å². The molecule has 3 nitrogen and oxygen atoms in total. The maximum atomic E-state index is 11.2. The third kappa shape index (κ3) is 16.1. The van der Waals surface area contributed by atoms with Crippen molar-refractivity contribution >= 4 is 5.97 Å². The molecule has 0 aromatic carbocycles. The predicted molar refractivity (Wildman–Crippen MR) is 114 cm³/mol. The Labute approximate surface area is 169 Å². The van der Waals surface area contributed by atoms with Crippen LogP contribution in [0.3, 0.4) is 0 Å². The number of cyclic esters (lactones) is 1. The minimum Gasteiger partial charge on any atom is -0.436 e. The van der Waals surface area contributed by atoms with Crippen molar-refractivity contribution in [2.75, 3.05) is 6.61 Å². The Balaban J connectivity index is 1.68. The third-order valence-electron chi connectivity index (χ3n) is 5.67. The standard InChI is InChI=1S/C24H46O3/c1-2-3-4-5-6-7-8-9-10-11-12-13-14-15-16-17-18-19-20-24-26-22-21-23(25)27-24/h24H,2-22H2,1H3. The lowest BCUT2D eigenvalue weighted by molar-refractivity contribution is -0.198. The zero-order valence-corrected chi connectivity index (χ0v) is 18.2. The Kier molecular flexibility index (Phi) is 17.0. The van der Waals surface area contributed by atoms with Crippen LogP contribution in [-0.2, 0) is 14.3 Å². The van der Waals surface area contributed by atoms with Gasteiger partial charge >= 0.3 is 5.97 Å². The van der Waals surface area contributed by atoms with Gasteiger partial charge in [-0.25, -0.2) is 0 Å². The van der Waals surface area contributed by atoms with Crippen LogP contribution in [-0.4, -0.2) is 18.9 Å². The quantitative estimate of drug-likeness (QED) is 0.169. The molecule has 0 aromatic rings. The van der Waals surface area contributed by atoms with Gasteiger partial charge in [0.1, 0.15) is 0 Å². The fourth-order valence-electron chi connectivity index (χ4n) is 3.87. The van der Waals surface area contributed by atoms with Gasteiger partial charge in [0.2, 0.25) is 6.29 Å². The normalized spacial score (nSPS) is 17.2. The molecule has 1 aliphatic heterocycles. The summed E-state index contributed by atoms with van der Waals surface area (Å²) < 4.78 is 10.6. The van der Waals surface area contributed by atoms with Gasteiger partial charge in [-0.15, -0.1) is 0 Å². The number of esters is 1. The van der Waals surface area contributed by atoms with Gasteiger partial charge in [0, 0.05) is 6.42 Å². The fourth-order valence-corrected chi connectivity index (χ4v) is 3.87. The number of carbonyl (C=O) groups is 1. The predicted octanol–water partition coefficient (Wildman–Crippen LogP) is 7.71. The van der Waals surface area contributed by atoms with Gasteiger partial charge in [-0.2, -0.15) is 0 Å². The SMILES string of the molecule is CCCCCCCCCCCCCCCCCCCCC1OCCC(=O)O1. The molecule has 0 N–H and O–H groups in total. The first-order valence-electron chi connectivity index (χ1n) is 12.1. The monoisotopic (exact) mass is 382 g/mol. The van der Waals surface area contributed by atoms with E-state index in [1.54, 1.807) is 0 Å². The highest BCUT2D eigenvalue weighted by Crippen LogP contribution is 2.16. The first kappa shape index (κ1) is 24.5. The molecule has 1 atom stereocenters. The van der Waals surface area contributed by atoms with Crippen LogP contribution < -0.4 is 0 Å². The Bertz CT molecular complexity index is 330. The molecule has 0 spiro atoms. The maximum absolute atomic E-state index is 11.2.